The lowest BCUT2D eigenvalue weighted by Crippen LogP contribution is -2.49. The summed E-state index contributed by atoms with van der Waals surface area (Å²) in [4.78, 5) is 30.7. The molecule has 2 aromatic rings. The zero-order valence-corrected chi connectivity index (χ0v) is 16.9. The Labute approximate surface area is 165 Å². The van der Waals surface area contributed by atoms with Crippen LogP contribution in [0.2, 0.25) is 0 Å². The van der Waals surface area contributed by atoms with Gasteiger partial charge in [-0.2, -0.15) is 0 Å². The van der Waals surface area contributed by atoms with Crippen LogP contribution in [0.3, 0.4) is 0 Å². The Morgan fingerprint density at radius 1 is 1.43 bits per heavy atom. The molecule has 2 unspecified atom stereocenters. The molecule has 152 valence electrons. The van der Waals surface area contributed by atoms with E-state index < -0.39 is 18.2 Å². The van der Waals surface area contributed by atoms with Gasteiger partial charge in [0.05, 0.1) is 5.92 Å². The van der Waals surface area contributed by atoms with Crippen LogP contribution in [0, 0.1) is 5.92 Å². The molecule has 2 amide bonds. The number of anilines is 1. The van der Waals surface area contributed by atoms with Crippen molar-refractivity contribution in [1.29, 1.82) is 0 Å². The second-order valence-corrected chi connectivity index (χ2v) is 7.60. The number of hydrogen-bond donors (Lipinski definition) is 2. The maximum absolute atomic E-state index is 12.3. The van der Waals surface area contributed by atoms with Crippen LogP contribution in [0.25, 0.3) is 10.9 Å². The Kier molecular flexibility index (Phi) is 6.36. The van der Waals surface area contributed by atoms with Gasteiger partial charge in [0.15, 0.2) is 0 Å². The normalized spacial score (nSPS) is 18.1. The molecule has 1 aliphatic heterocycles. The highest BCUT2D eigenvalue weighted by Gasteiger charge is 2.30. The first-order valence-electron chi connectivity index (χ1n) is 9.91. The van der Waals surface area contributed by atoms with Crippen molar-refractivity contribution in [2.45, 2.75) is 38.8 Å². The molecule has 3 N–H and O–H groups in total. The van der Waals surface area contributed by atoms with Gasteiger partial charge in [-0.15, -0.1) is 0 Å². The van der Waals surface area contributed by atoms with Crippen molar-refractivity contribution in [2.24, 2.45) is 11.7 Å². The molecule has 0 spiro atoms. The topological polar surface area (TPSA) is 91.7 Å². The monoisotopic (exact) mass is 386 g/mol. The number of benzene rings is 1. The van der Waals surface area contributed by atoms with E-state index in [1.54, 1.807) is 6.92 Å². The molecule has 2 heterocycles. The summed E-state index contributed by atoms with van der Waals surface area (Å²) in [7, 11) is 2.15. The van der Waals surface area contributed by atoms with E-state index in [0.29, 0.717) is 18.2 Å². The van der Waals surface area contributed by atoms with E-state index >= 15 is 0 Å². The van der Waals surface area contributed by atoms with Gasteiger partial charge in [-0.05, 0) is 69.6 Å². The van der Waals surface area contributed by atoms with Gasteiger partial charge < -0.3 is 25.1 Å². The zero-order valence-electron chi connectivity index (χ0n) is 16.9. The number of aromatic amines is 1. The number of carbonyl (C=O) groups is 2. The number of likely N-dealkylation sites (tertiary alicyclic amines) is 1. The molecule has 0 bridgehead atoms. The molecular formula is C21H30N4O3. The number of H-pyrrole nitrogens is 1. The number of amides is 2. The van der Waals surface area contributed by atoms with E-state index in [1.807, 2.05) is 25.1 Å². The van der Waals surface area contributed by atoms with Gasteiger partial charge in [0, 0.05) is 29.4 Å². The standard InChI is InChI=1S/C21H30N4O3/c1-4-28-20(14(2)13-26)25(21(22)27)16-5-6-19-17(11-16)18(12-23-19)15-7-9-24(3)10-8-15/h5-6,11-15,20,23H,4,7-10H2,1-3H3,(H2,22,27). The van der Waals surface area contributed by atoms with Crippen molar-refractivity contribution < 1.29 is 14.3 Å². The Balaban J connectivity index is 1.99. The van der Waals surface area contributed by atoms with Crippen LogP contribution >= 0.6 is 0 Å². The number of nitrogens with zero attached hydrogens (tertiary/aromatic N) is 2. The third-order valence-electron chi connectivity index (χ3n) is 5.63. The molecule has 1 aromatic carbocycles. The van der Waals surface area contributed by atoms with Crippen molar-refractivity contribution in [2.75, 3.05) is 31.6 Å². The van der Waals surface area contributed by atoms with Crippen LogP contribution in [0.5, 0.6) is 0 Å². The highest BCUT2D eigenvalue weighted by molar-refractivity contribution is 5.95. The molecule has 7 heteroatoms. The van der Waals surface area contributed by atoms with Crippen molar-refractivity contribution in [3.05, 3.63) is 30.0 Å². The lowest BCUT2D eigenvalue weighted by atomic mass is 9.89. The van der Waals surface area contributed by atoms with E-state index in [2.05, 4.69) is 23.1 Å². The fraction of sp³-hybridized carbons (Fsp3) is 0.524. The number of nitrogens with one attached hydrogen (secondary N) is 1. The molecule has 0 saturated carbocycles. The van der Waals surface area contributed by atoms with E-state index in [-0.39, 0.29) is 0 Å². The lowest BCUT2D eigenvalue weighted by molar-refractivity contribution is -0.114. The third-order valence-corrected chi connectivity index (χ3v) is 5.63. The second kappa shape index (κ2) is 8.75. The van der Waals surface area contributed by atoms with E-state index in [4.69, 9.17) is 10.5 Å². The van der Waals surface area contributed by atoms with Crippen LogP contribution in [0.15, 0.2) is 24.4 Å². The van der Waals surface area contributed by atoms with Gasteiger partial charge in [-0.25, -0.2) is 4.79 Å². The van der Waals surface area contributed by atoms with Crippen molar-refractivity contribution >= 4 is 28.9 Å². The fourth-order valence-corrected chi connectivity index (χ4v) is 4.04. The SMILES string of the molecule is CCOC(C(C)C=O)N(C(N)=O)c1ccc2[nH]cc(C3CCN(C)CC3)c2c1. The zero-order chi connectivity index (χ0) is 20.3. The quantitative estimate of drug-likeness (QED) is 0.565. The average Bonchev–Trinajstić information content (AvgIpc) is 3.10. The Bertz CT molecular complexity index is 826. The highest BCUT2D eigenvalue weighted by atomic mass is 16.5. The Morgan fingerprint density at radius 3 is 2.75 bits per heavy atom. The summed E-state index contributed by atoms with van der Waals surface area (Å²) in [6.45, 7) is 6.08. The van der Waals surface area contributed by atoms with Crippen molar-refractivity contribution in [1.82, 2.24) is 9.88 Å². The van der Waals surface area contributed by atoms with Gasteiger partial charge in [0.1, 0.15) is 12.5 Å². The number of urea groups is 1. The van der Waals surface area contributed by atoms with Crippen LogP contribution in [0.4, 0.5) is 10.5 Å². The predicted molar refractivity (Wildman–Crippen MR) is 110 cm³/mol. The predicted octanol–water partition coefficient (Wildman–Crippen LogP) is 3.06. The first-order chi connectivity index (χ1) is 13.5. The van der Waals surface area contributed by atoms with Crippen LogP contribution in [0.1, 0.15) is 38.2 Å². The third kappa shape index (κ3) is 4.05. The number of hydrogen-bond acceptors (Lipinski definition) is 4. The molecule has 1 fully saturated rings. The minimum absolute atomic E-state index is 0.375. The van der Waals surface area contributed by atoms with Gasteiger partial charge in [0.25, 0.3) is 0 Å². The molecule has 28 heavy (non-hydrogen) atoms. The number of ether oxygens (including phenoxy) is 1. The number of nitrogens with two attached hydrogens (primary N) is 1. The van der Waals surface area contributed by atoms with E-state index in [9.17, 15) is 9.59 Å². The van der Waals surface area contributed by atoms with Crippen LogP contribution in [-0.4, -0.2) is 55.2 Å². The number of rotatable bonds is 7. The maximum atomic E-state index is 12.3. The smallest absolute Gasteiger partial charge is 0.321 e. The maximum Gasteiger partial charge on any atom is 0.321 e. The molecule has 7 nitrogen and oxygen atoms in total. The van der Waals surface area contributed by atoms with E-state index in [1.165, 1.54) is 10.5 Å². The van der Waals surface area contributed by atoms with Crippen LogP contribution in [-0.2, 0) is 9.53 Å². The summed E-state index contributed by atoms with van der Waals surface area (Å²) in [5.41, 5.74) is 8.62. The summed E-state index contributed by atoms with van der Waals surface area (Å²) in [5.74, 6) is -0.0125. The number of piperidine rings is 1. The fourth-order valence-electron chi connectivity index (χ4n) is 4.04. The summed E-state index contributed by atoms with van der Waals surface area (Å²) < 4.78 is 5.70. The molecule has 1 aromatic heterocycles. The highest BCUT2D eigenvalue weighted by Crippen LogP contribution is 2.35. The molecular weight excluding hydrogens is 356 g/mol. The molecule has 3 rings (SSSR count). The number of primary amides is 1. The first kappa shape index (κ1) is 20.4. The summed E-state index contributed by atoms with van der Waals surface area (Å²) in [6, 6.07) is 5.13. The molecule has 2 atom stereocenters. The van der Waals surface area contributed by atoms with Gasteiger partial charge in [-0.3, -0.25) is 4.90 Å². The number of carbonyl (C=O) groups excluding carboxylic acids is 2. The van der Waals surface area contributed by atoms with E-state index in [0.717, 1.165) is 43.1 Å². The largest absolute Gasteiger partial charge is 0.361 e. The number of fused-ring (bicyclic) bond motifs is 1. The summed E-state index contributed by atoms with van der Waals surface area (Å²) in [5, 5.41) is 1.09. The lowest BCUT2D eigenvalue weighted by Gasteiger charge is -2.32. The Morgan fingerprint density at radius 2 is 2.14 bits per heavy atom. The number of aldehydes is 1. The Hall–Kier alpha value is -2.38. The van der Waals surface area contributed by atoms with Gasteiger partial charge in [-0.1, -0.05) is 6.92 Å². The van der Waals surface area contributed by atoms with Gasteiger partial charge >= 0.3 is 6.03 Å². The summed E-state index contributed by atoms with van der Waals surface area (Å²) >= 11 is 0. The molecule has 0 aliphatic carbocycles. The average molecular weight is 386 g/mol. The molecule has 1 saturated heterocycles. The number of aromatic nitrogens is 1. The first-order valence-corrected chi connectivity index (χ1v) is 9.91. The molecule has 0 radical (unpaired) electrons. The van der Waals surface area contributed by atoms with Crippen molar-refractivity contribution in [3.63, 3.8) is 0 Å². The minimum atomic E-state index is -0.733. The summed E-state index contributed by atoms with van der Waals surface area (Å²) in [6.07, 6.45) is 4.35. The van der Waals surface area contributed by atoms with Crippen LogP contribution < -0.4 is 10.6 Å². The van der Waals surface area contributed by atoms with Crippen molar-refractivity contribution in [3.8, 4) is 0 Å². The van der Waals surface area contributed by atoms with Gasteiger partial charge in [0.2, 0.25) is 0 Å². The second-order valence-electron chi connectivity index (χ2n) is 7.60. The minimum Gasteiger partial charge on any atom is -0.361 e. The molecule has 1 aliphatic rings.